The van der Waals surface area contributed by atoms with Gasteiger partial charge in [-0.15, -0.1) is 0 Å². The van der Waals surface area contributed by atoms with Crippen LogP contribution >= 0.6 is 0 Å². The molecular formula is C26H27N7O. The number of benzene rings is 2. The Labute approximate surface area is 198 Å². The molecule has 1 aliphatic rings. The van der Waals surface area contributed by atoms with Crippen molar-refractivity contribution in [2.45, 2.75) is 0 Å². The van der Waals surface area contributed by atoms with Crippen molar-refractivity contribution in [3.8, 4) is 11.3 Å². The molecule has 3 heterocycles. The van der Waals surface area contributed by atoms with E-state index >= 15 is 0 Å². The summed E-state index contributed by atoms with van der Waals surface area (Å²) >= 11 is 0. The molecule has 1 saturated heterocycles. The summed E-state index contributed by atoms with van der Waals surface area (Å²) in [6, 6.07) is 18.2. The Balaban J connectivity index is 1.37. The van der Waals surface area contributed by atoms with Crippen molar-refractivity contribution in [2.24, 2.45) is 0 Å². The summed E-state index contributed by atoms with van der Waals surface area (Å²) in [5.74, 6) is 0.434. The SMILES string of the molecule is C=CC(=O)Nc1cccc(Nc2ncnc3[nH]c(-c4ccc(N5CCN(C)CC5)cc4)cc23)c1. The fourth-order valence-electron chi connectivity index (χ4n) is 4.12. The van der Waals surface area contributed by atoms with E-state index in [9.17, 15) is 4.79 Å². The number of likely N-dealkylation sites (N-methyl/N-ethyl adjacent to an activating group) is 1. The van der Waals surface area contributed by atoms with Crippen molar-refractivity contribution in [3.05, 3.63) is 73.6 Å². The van der Waals surface area contributed by atoms with Crippen molar-refractivity contribution in [2.75, 3.05) is 48.8 Å². The van der Waals surface area contributed by atoms with E-state index in [0.29, 0.717) is 11.5 Å². The molecule has 0 bridgehead atoms. The largest absolute Gasteiger partial charge is 0.369 e. The van der Waals surface area contributed by atoms with Crippen LogP contribution in [0.2, 0.25) is 0 Å². The van der Waals surface area contributed by atoms with Gasteiger partial charge in [-0.25, -0.2) is 9.97 Å². The van der Waals surface area contributed by atoms with Gasteiger partial charge in [-0.2, -0.15) is 0 Å². The van der Waals surface area contributed by atoms with Crippen LogP contribution in [0.25, 0.3) is 22.3 Å². The highest BCUT2D eigenvalue weighted by atomic mass is 16.1. The van der Waals surface area contributed by atoms with Gasteiger partial charge in [-0.1, -0.05) is 24.8 Å². The van der Waals surface area contributed by atoms with E-state index in [0.717, 1.165) is 54.2 Å². The summed E-state index contributed by atoms with van der Waals surface area (Å²) in [5, 5.41) is 7.00. The van der Waals surface area contributed by atoms with Gasteiger partial charge in [0.2, 0.25) is 5.91 Å². The van der Waals surface area contributed by atoms with Crippen LogP contribution in [0.5, 0.6) is 0 Å². The number of amides is 1. The quantitative estimate of drug-likeness (QED) is 0.378. The summed E-state index contributed by atoms with van der Waals surface area (Å²) in [4.78, 5) is 28.6. The third kappa shape index (κ3) is 4.62. The van der Waals surface area contributed by atoms with Crippen molar-refractivity contribution < 1.29 is 4.79 Å². The van der Waals surface area contributed by atoms with Gasteiger partial charge in [-0.05, 0) is 55.1 Å². The highest BCUT2D eigenvalue weighted by Gasteiger charge is 2.15. The predicted molar refractivity (Wildman–Crippen MR) is 138 cm³/mol. The summed E-state index contributed by atoms with van der Waals surface area (Å²) in [7, 11) is 2.17. The smallest absolute Gasteiger partial charge is 0.247 e. The second-order valence-corrected chi connectivity index (χ2v) is 8.40. The third-order valence-electron chi connectivity index (χ3n) is 6.05. The first-order valence-electron chi connectivity index (χ1n) is 11.3. The fraction of sp³-hybridized carbons (Fsp3) is 0.192. The van der Waals surface area contributed by atoms with E-state index in [1.807, 2.05) is 24.3 Å². The third-order valence-corrected chi connectivity index (χ3v) is 6.05. The van der Waals surface area contributed by atoms with Crippen LogP contribution in [0.15, 0.2) is 73.6 Å². The van der Waals surface area contributed by atoms with E-state index in [-0.39, 0.29) is 5.91 Å². The second-order valence-electron chi connectivity index (χ2n) is 8.40. The standard InChI is InChI=1S/C26H27N7O/c1-3-24(34)29-19-5-4-6-20(15-19)30-25-22-16-23(31-26(22)28-17-27-25)18-7-9-21(10-8-18)33-13-11-32(2)12-14-33/h3-10,15-17H,1,11-14H2,2H3,(H,29,34)(H2,27,28,30,31). The Hall–Kier alpha value is -4.17. The van der Waals surface area contributed by atoms with Crippen LogP contribution in [0.4, 0.5) is 22.9 Å². The van der Waals surface area contributed by atoms with Gasteiger partial charge in [0.25, 0.3) is 0 Å². The van der Waals surface area contributed by atoms with Crippen LogP contribution in [0.1, 0.15) is 0 Å². The summed E-state index contributed by atoms with van der Waals surface area (Å²) in [6.07, 6.45) is 2.78. The fourth-order valence-corrected chi connectivity index (χ4v) is 4.12. The highest BCUT2D eigenvalue weighted by molar-refractivity contribution is 5.99. The number of fused-ring (bicyclic) bond motifs is 1. The maximum atomic E-state index is 11.6. The summed E-state index contributed by atoms with van der Waals surface area (Å²) in [5.41, 5.74) is 5.56. The summed E-state index contributed by atoms with van der Waals surface area (Å²) < 4.78 is 0. The molecule has 4 aromatic rings. The number of rotatable bonds is 6. The van der Waals surface area contributed by atoms with Crippen LogP contribution in [0, 0.1) is 0 Å². The number of hydrogen-bond acceptors (Lipinski definition) is 6. The molecule has 34 heavy (non-hydrogen) atoms. The van der Waals surface area contributed by atoms with Gasteiger partial charge >= 0.3 is 0 Å². The van der Waals surface area contributed by atoms with Gasteiger partial charge in [0.05, 0.1) is 5.39 Å². The normalized spacial score (nSPS) is 14.2. The first-order chi connectivity index (χ1) is 16.6. The maximum Gasteiger partial charge on any atom is 0.247 e. The number of H-pyrrole nitrogens is 1. The zero-order chi connectivity index (χ0) is 23.5. The predicted octanol–water partition coefficient (Wildman–Crippen LogP) is 4.24. The van der Waals surface area contributed by atoms with E-state index in [1.165, 1.54) is 18.1 Å². The van der Waals surface area contributed by atoms with E-state index < -0.39 is 0 Å². The Bertz CT molecular complexity index is 1320. The average molecular weight is 454 g/mol. The van der Waals surface area contributed by atoms with Crippen molar-refractivity contribution in [3.63, 3.8) is 0 Å². The monoisotopic (exact) mass is 453 g/mol. The number of nitrogens with one attached hydrogen (secondary N) is 3. The van der Waals surface area contributed by atoms with Crippen LogP contribution in [-0.4, -0.2) is 59.0 Å². The minimum absolute atomic E-state index is 0.254. The molecule has 0 atom stereocenters. The Morgan fingerprint density at radius 3 is 2.56 bits per heavy atom. The molecule has 2 aromatic heterocycles. The lowest BCUT2D eigenvalue weighted by Crippen LogP contribution is -2.44. The molecule has 0 spiro atoms. The average Bonchev–Trinajstić information content (AvgIpc) is 3.30. The number of carbonyl (C=O) groups excluding carboxylic acids is 1. The number of hydrogen-bond donors (Lipinski definition) is 3. The Kier molecular flexibility index (Phi) is 5.97. The maximum absolute atomic E-state index is 11.6. The molecule has 5 rings (SSSR count). The number of nitrogens with zero attached hydrogens (tertiary/aromatic N) is 4. The number of carbonyl (C=O) groups is 1. The molecule has 0 radical (unpaired) electrons. The minimum atomic E-state index is -0.254. The molecule has 2 aromatic carbocycles. The Morgan fingerprint density at radius 2 is 1.79 bits per heavy atom. The second kappa shape index (κ2) is 9.36. The lowest BCUT2D eigenvalue weighted by molar-refractivity contribution is -0.111. The number of aromatic amines is 1. The first-order valence-corrected chi connectivity index (χ1v) is 11.3. The number of piperazine rings is 1. The molecule has 172 valence electrons. The van der Waals surface area contributed by atoms with Gasteiger partial charge in [-0.3, -0.25) is 4.79 Å². The van der Waals surface area contributed by atoms with Crippen LogP contribution in [0.3, 0.4) is 0 Å². The molecule has 0 unspecified atom stereocenters. The Morgan fingerprint density at radius 1 is 1.03 bits per heavy atom. The van der Waals surface area contributed by atoms with Gasteiger partial charge < -0.3 is 25.4 Å². The highest BCUT2D eigenvalue weighted by Crippen LogP contribution is 2.30. The lowest BCUT2D eigenvalue weighted by Gasteiger charge is -2.34. The molecule has 0 aliphatic carbocycles. The van der Waals surface area contributed by atoms with Gasteiger partial charge in [0.1, 0.15) is 17.8 Å². The zero-order valence-electron chi connectivity index (χ0n) is 19.1. The summed E-state index contributed by atoms with van der Waals surface area (Å²) in [6.45, 7) is 7.75. The topological polar surface area (TPSA) is 89.2 Å². The van der Waals surface area contributed by atoms with Gasteiger partial charge in [0, 0.05) is 48.9 Å². The van der Waals surface area contributed by atoms with Crippen molar-refractivity contribution >= 4 is 39.8 Å². The van der Waals surface area contributed by atoms with Crippen molar-refractivity contribution in [1.82, 2.24) is 19.9 Å². The molecular weight excluding hydrogens is 426 g/mol. The van der Waals surface area contributed by atoms with E-state index in [4.69, 9.17) is 0 Å². The molecule has 1 amide bonds. The van der Waals surface area contributed by atoms with Crippen molar-refractivity contribution in [1.29, 1.82) is 0 Å². The van der Waals surface area contributed by atoms with Crippen LogP contribution in [-0.2, 0) is 4.79 Å². The number of aromatic nitrogens is 3. The molecule has 8 heteroatoms. The lowest BCUT2D eigenvalue weighted by atomic mass is 10.1. The minimum Gasteiger partial charge on any atom is -0.369 e. The van der Waals surface area contributed by atoms with Gasteiger partial charge in [0.15, 0.2) is 0 Å². The van der Waals surface area contributed by atoms with Crippen LogP contribution < -0.4 is 15.5 Å². The zero-order valence-corrected chi connectivity index (χ0v) is 19.1. The number of anilines is 4. The molecule has 1 fully saturated rings. The van der Waals surface area contributed by atoms with E-state index in [2.05, 4.69) is 79.3 Å². The molecule has 0 saturated carbocycles. The molecule has 1 aliphatic heterocycles. The van der Waals surface area contributed by atoms with E-state index in [1.54, 1.807) is 0 Å². The molecule has 8 nitrogen and oxygen atoms in total. The first kappa shape index (κ1) is 21.7. The molecule has 3 N–H and O–H groups in total.